The van der Waals surface area contributed by atoms with Crippen LogP contribution in [0.25, 0.3) is 11.3 Å². The lowest BCUT2D eigenvalue weighted by Crippen LogP contribution is -2.27. The Bertz CT molecular complexity index is 923. The van der Waals surface area contributed by atoms with Crippen molar-refractivity contribution in [3.8, 4) is 28.6 Å². The number of hydrogen-bond acceptors (Lipinski definition) is 5. The number of methoxy groups -OCH3 is 1. The molecular formula is C22H23N3O3. The third kappa shape index (κ3) is 5.07. The van der Waals surface area contributed by atoms with Crippen LogP contribution in [0.15, 0.2) is 60.7 Å². The van der Waals surface area contributed by atoms with E-state index in [1.165, 1.54) is 0 Å². The minimum Gasteiger partial charge on any atom is -0.497 e. The standard InChI is InChI=1S/C22H23N3O3/c1-15(2)14-23-22(26)17-9-7-16(8-10-17)20-11-12-21(25-24-20)28-19-6-4-5-18(13-19)27-3/h4-13,15H,14H2,1-3H3,(H,23,26). The molecule has 1 heterocycles. The molecule has 0 aliphatic rings. The van der Waals surface area contributed by atoms with Gasteiger partial charge in [0, 0.05) is 29.8 Å². The summed E-state index contributed by atoms with van der Waals surface area (Å²) in [5.41, 5.74) is 2.20. The van der Waals surface area contributed by atoms with E-state index in [0.717, 1.165) is 5.56 Å². The Kier molecular flexibility index (Phi) is 6.22. The summed E-state index contributed by atoms with van der Waals surface area (Å²) in [5.74, 6) is 2.06. The van der Waals surface area contributed by atoms with Gasteiger partial charge in [0.15, 0.2) is 0 Å². The molecule has 28 heavy (non-hydrogen) atoms. The topological polar surface area (TPSA) is 73.3 Å². The van der Waals surface area contributed by atoms with Crippen LogP contribution in [0.3, 0.4) is 0 Å². The molecule has 0 aliphatic carbocycles. The highest BCUT2D eigenvalue weighted by molar-refractivity contribution is 5.94. The van der Waals surface area contributed by atoms with Crippen molar-refractivity contribution in [1.82, 2.24) is 15.5 Å². The quantitative estimate of drug-likeness (QED) is 0.663. The van der Waals surface area contributed by atoms with Crippen molar-refractivity contribution in [2.75, 3.05) is 13.7 Å². The van der Waals surface area contributed by atoms with Crippen LogP contribution in [0.5, 0.6) is 17.4 Å². The van der Waals surface area contributed by atoms with Gasteiger partial charge in [0.2, 0.25) is 5.88 Å². The normalized spacial score (nSPS) is 10.6. The third-order valence-electron chi connectivity index (χ3n) is 4.02. The second-order valence-corrected chi connectivity index (χ2v) is 6.72. The van der Waals surface area contributed by atoms with Gasteiger partial charge >= 0.3 is 0 Å². The van der Waals surface area contributed by atoms with Crippen LogP contribution in [0.1, 0.15) is 24.2 Å². The summed E-state index contributed by atoms with van der Waals surface area (Å²) >= 11 is 0. The molecule has 0 radical (unpaired) electrons. The van der Waals surface area contributed by atoms with Gasteiger partial charge in [0.05, 0.1) is 12.8 Å². The minimum absolute atomic E-state index is 0.0756. The van der Waals surface area contributed by atoms with Crippen LogP contribution >= 0.6 is 0 Å². The Morgan fingerprint density at radius 3 is 2.39 bits per heavy atom. The zero-order valence-corrected chi connectivity index (χ0v) is 16.2. The minimum atomic E-state index is -0.0756. The number of nitrogens with zero attached hydrogens (tertiary/aromatic N) is 2. The Balaban J connectivity index is 1.66. The predicted octanol–water partition coefficient (Wildman–Crippen LogP) is 4.33. The maximum Gasteiger partial charge on any atom is 0.251 e. The molecule has 6 heteroatoms. The van der Waals surface area contributed by atoms with Crippen LogP contribution in [0.2, 0.25) is 0 Å². The van der Waals surface area contributed by atoms with Crippen molar-refractivity contribution in [3.05, 3.63) is 66.2 Å². The van der Waals surface area contributed by atoms with E-state index in [1.807, 2.05) is 36.4 Å². The van der Waals surface area contributed by atoms with Gasteiger partial charge in [-0.15, -0.1) is 10.2 Å². The molecule has 0 atom stereocenters. The summed E-state index contributed by atoms with van der Waals surface area (Å²) in [7, 11) is 1.60. The molecule has 0 spiro atoms. The fraction of sp³-hybridized carbons (Fsp3) is 0.227. The zero-order chi connectivity index (χ0) is 19.9. The smallest absolute Gasteiger partial charge is 0.251 e. The van der Waals surface area contributed by atoms with Gasteiger partial charge in [-0.05, 0) is 36.2 Å². The SMILES string of the molecule is COc1cccc(Oc2ccc(-c3ccc(C(=O)NCC(C)C)cc3)nn2)c1. The number of carbonyl (C=O) groups is 1. The van der Waals surface area contributed by atoms with E-state index < -0.39 is 0 Å². The first-order valence-corrected chi connectivity index (χ1v) is 9.09. The number of amides is 1. The van der Waals surface area contributed by atoms with Crippen molar-refractivity contribution in [3.63, 3.8) is 0 Å². The first-order chi connectivity index (χ1) is 13.5. The van der Waals surface area contributed by atoms with Crippen molar-refractivity contribution >= 4 is 5.91 Å². The van der Waals surface area contributed by atoms with Gasteiger partial charge in [0.1, 0.15) is 11.5 Å². The van der Waals surface area contributed by atoms with E-state index in [0.29, 0.717) is 41.1 Å². The molecule has 3 aromatic rings. The van der Waals surface area contributed by atoms with Gasteiger partial charge in [-0.2, -0.15) is 0 Å². The maximum absolute atomic E-state index is 12.1. The Labute approximate surface area is 164 Å². The zero-order valence-electron chi connectivity index (χ0n) is 16.2. The van der Waals surface area contributed by atoms with E-state index >= 15 is 0 Å². The molecule has 1 aromatic heterocycles. The first kappa shape index (κ1) is 19.4. The van der Waals surface area contributed by atoms with Gasteiger partial charge in [-0.1, -0.05) is 32.0 Å². The van der Waals surface area contributed by atoms with Crippen LogP contribution < -0.4 is 14.8 Å². The Hall–Kier alpha value is -3.41. The molecule has 0 saturated heterocycles. The number of carbonyl (C=O) groups excluding carboxylic acids is 1. The second kappa shape index (κ2) is 8.99. The lowest BCUT2D eigenvalue weighted by atomic mass is 10.1. The highest BCUT2D eigenvalue weighted by atomic mass is 16.5. The summed E-state index contributed by atoms with van der Waals surface area (Å²) in [5, 5.41) is 11.2. The number of aromatic nitrogens is 2. The van der Waals surface area contributed by atoms with Crippen molar-refractivity contribution in [1.29, 1.82) is 0 Å². The number of benzene rings is 2. The fourth-order valence-electron chi connectivity index (χ4n) is 2.51. The molecule has 6 nitrogen and oxygen atoms in total. The average molecular weight is 377 g/mol. The second-order valence-electron chi connectivity index (χ2n) is 6.72. The van der Waals surface area contributed by atoms with Crippen LogP contribution in [0.4, 0.5) is 0 Å². The Morgan fingerprint density at radius 2 is 1.75 bits per heavy atom. The lowest BCUT2D eigenvalue weighted by Gasteiger charge is -2.08. The largest absolute Gasteiger partial charge is 0.497 e. The number of nitrogens with one attached hydrogen (secondary N) is 1. The predicted molar refractivity (Wildman–Crippen MR) is 108 cm³/mol. The van der Waals surface area contributed by atoms with Crippen molar-refractivity contribution in [2.24, 2.45) is 5.92 Å². The molecule has 1 N–H and O–H groups in total. The number of rotatable bonds is 7. The van der Waals surface area contributed by atoms with E-state index in [9.17, 15) is 4.79 Å². The number of ether oxygens (including phenoxy) is 2. The van der Waals surface area contributed by atoms with Crippen LogP contribution in [-0.2, 0) is 0 Å². The molecule has 3 rings (SSSR count). The molecule has 0 fully saturated rings. The maximum atomic E-state index is 12.1. The van der Waals surface area contributed by atoms with Gasteiger partial charge in [0.25, 0.3) is 5.91 Å². The summed E-state index contributed by atoms with van der Waals surface area (Å²) in [6.45, 7) is 4.77. The molecule has 0 aliphatic heterocycles. The van der Waals surface area contributed by atoms with Crippen LogP contribution in [0, 0.1) is 5.92 Å². The summed E-state index contributed by atoms with van der Waals surface area (Å²) in [6, 6.07) is 18.2. The molecule has 1 amide bonds. The van der Waals surface area contributed by atoms with Crippen molar-refractivity contribution < 1.29 is 14.3 Å². The summed E-state index contributed by atoms with van der Waals surface area (Å²) in [6.07, 6.45) is 0. The van der Waals surface area contributed by atoms with Crippen LogP contribution in [-0.4, -0.2) is 29.8 Å². The highest BCUT2D eigenvalue weighted by Crippen LogP contribution is 2.25. The molecule has 0 bridgehead atoms. The summed E-state index contributed by atoms with van der Waals surface area (Å²) < 4.78 is 10.9. The monoisotopic (exact) mass is 377 g/mol. The van der Waals surface area contributed by atoms with E-state index in [-0.39, 0.29) is 5.91 Å². The molecule has 0 unspecified atom stereocenters. The molecule has 0 saturated carbocycles. The number of hydrogen-bond donors (Lipinski definition) is 1. The molecule has 2 aromatic carbocycles. The highest BCUT2D eigenvalue weighted by Gasteiger charge is 2.08. The van der Waals surface area contributed by atoms with Gasteiger partial charge < -0.3 is 14.8 Å². The fourth-order valence-corrected chi connectivity index (χ4v) is 2.51. The average Bonchev–Trinajstić information content (AvgIpc) is 2.73. The van der Waals surface area contributed by atoms with Gasteiger partial charge in [-0.3, -0.25) is 4.79 Å². The molecule has 144 valence electrons. The van der Waals surface area contributed by atoms with Crippen molar-refractivity contribution in [2.45, 2.75) is 13.8 Å². The van der Waals surface area contributed by atoms with E-state index in [1.54, 1.807) is 31.4 Å². The first-order valence-electron chi connectivity index (χ1n) is 9.09. The van der Waals surface area contributed by atoms with Gasteiger partial charge in [-0.25, -0.2) is 0 Å². The van der Waals surface area contributed by atoms with E-state index in [2.05, 4.69) is 29.4 Å². The third-order valence-corrected chi connectivity index (χ3v) is 4.02. The Morgan fingerprint density at radius 1 is 1.00 bits per heavy atom. The summed E-state index contributed by atoms with van der Waals surface area (Å²) in [4.78, 5) is 12.1. The molecular weight excluding hydrogens is 354 g/mol. The van der Waals surface area contributed by atoms with E-state index in [4.69, 9.17) is 9.47 Å². The lowest BCUT2D eigenvalue weighted by molar-refractivity contribution is 0.0949.